The molecule has 1 fully saturated rings. The van der Waals surface area contributed by atoms with Crippen molar-refractivity contribution in [2.24, 2.45) is 5.41 Å². The van der Waals surface area contributed by atoms with Crippen molar-refractivity contribution in [3.8, 4) is 0 Å². The van der Waals surface area contributed by atoms with Crippen LogP contribution in [0.5, 0.6) is 0 Å². The molecule has 0 unspecified atom stereocenters. The minimum Gasteiger partial charge on any atom is -0.272 e. The zero-order chi connectivity index (χ0) is 10.6. The molecule has 1 saturated carbocycles. The van der Waals surface area contributed by atoms with E-state index in [4.69, 9.17) is 4.84 Å². The summed E-state index contributed by atoms with van der Waals surface area (Å²) in [6.45, 7) is 5.87. The molecule has 0 spiro atoms. The minimum atomic E-state index is -0.321. The third kappa shape index (κ3) is 2.98. The highest BCUT2D eigenvalue weighted by molar-refractivity contribution is 5.80. The van der Waals surface area contributed by atoms with Gasteiger partial charge in [-0.05, 0) is 19.3 Å². The molecular formula is C11H21NO2. The first-order valence-corrected chi connectivity index (χ1v) is 5.52. The Morgan fingerprint density at radius 1 is 1.43 bits per heavy atom. The Balaban J connectivity index is 2.26. The largest absolute Gasteiger partial charge is 0.272 e. The summed E-state index contributed by atoms with van der Waals surface area (Å²) < 4.78 is 0. The Hall–Kier alpha value is -0.570. The van der Waals surface area contributed by atoms with Crippen molar-refractivity contribution in [3.05, 3.63) is 0 Å². The molecule has 0 radical (unpaired) electrons. The van der Waals surface area contributed by atoms with Gasteiger partial charge in [-0.1, -0.05) is 33.6 Å². The van der Waals surface area contributed by atoms with E-state index in [-0.39, 0.29) is 17.4 Å². The van der Waals surface area contributed by atoms with Gasteiger partial charge in [0.15, 0.2) is 0 Å². The standard InChI is InChI=1S/C11H21NO2/c1-4-11(2,3)10(13)12-14-9-7-5-6-8-9/h9H,4-8H2,1-3H3,(H,12,13). The zero-order valence-electron chi connectivity index (χ0n) is 9.43. The molecule has 14 heavy (non-hydrogen) atoms. The molecule has 0 aromatic heterocycles. The van der Waals surface area contributed by atoms with Gasteiger partial charge in [-0.2, -0.15) is 0 Å². The molecular weight excluding hydrogens is 178 g/mol. The van der Waals surface area contributed by atoms with Crippen LogP contribution in [-0.4, -0.2) is 12.0 Å². The van der Waals surface area contributed by atoms with Crippen molar-refractivity contribution in [3.63, 3.8) is 0 Å². The van der Waals surface area contributed by atoms with Gasteiger partial charge in [0.05, 0.1) is 6.10 Å². The maximum Gasteiger partial charge on any atom is 0.249 e. The second-order valence-corrected chi connectivity index (χ2v) is 4.69. The lowest BCUT2D eigenvalue weighted by molar-refractivity contribution is -0.147. The average Bonchev–Trinajstić information content (AvgIpc) is 2.66. The maximum atomic E-state index is 11.6. The van der Waals surface area contributed by atoms with Gasteiger partial charge in [0.2, 0.25) is 5.91 Å². The summed E-state index contributed by atoms with van der Waals surface area (Å²) in [5, 5.41) is 0. The highest BCUT2D eigenvalue weighted by atomic mass is 16.7. The first kappa shape index (κ1) is 11.5. The molecule has 0 saturated heterocycles. The van der Waals surface area contributed by atoms with Crippen LogP contribution in [0.25, 0.3) is 0 Å². The molecule has 1 amide bonds. The van der Waals surface area contributed by atoms with Crippen LogP contribution in [-0.2, 0) is 9.63 Å². The van der Waals surface area contributed by atoms with Gasteiger partial charge in [-0.3, -0.25) is 9.63 Å². The summed E-state index contributed by atoms with van der Waals surface area (Å²) in [5.41, 5.74) is 2.26. The quantitative estimate of drug-likeness (QED) is 0.706. The van der Waals surface area contributed by atoms with Crippen LogP contribution in [0.3, 0.4) is 0 Å². The van der Waals surface area contributed by atoms with E-state index >= 15 is 0 Å². The maximum absolute atomic E-state index is 11.6. The van der Waals surface area contributed by atoms with Gasteiger partial charge >= 0.3 is 0 Å². The van der Waals surface area contributed by atoms with Crippen LogP contribution >= 0.6 is 0 Å². The minimum absolute atomic E-state index is 0.00750. The van der Waals surface area contributed by atoms with Gasteiger partial charge < -0.3 is 0 Å². The number of carbonyl (C=O) groups excluding carboxylic acids is 1. The van der Waals surface area contributed by atoms with E-state index in [1.165, 1.54) is 12.8 Å². The highest BCUT2D eigenvalue weighted by Crippen LogP contribution is 2.22. The Kier molecular flexibility index (Phi) is 3.93. The van der Waals surface area contributed by atoms with E-state index in [0.29, 0.717) is 0 Å². The van der Waals surface area contributed by atoms with Crippen molar-refractivity contribution in [1.29, 1.82) is 0 Å². The predicted octanol–water partition coefficient (Wildman–Crippen LogP) is 2.41. The number of hydroxylamine groups is 1. The van der Waals surface area contributed by atoms with E-state index in [9.17, 15) is 4.79 Å². The van der Waals surface area contributed by atoms with Crippen molar-refractivity contribution < 1.29 is 9.63 Å². The number of amides is 1. The fourth-order valence-electron chi connectivity index (χ4n) is 1.44. The summed E-state index contributed by atoms with van der Waals surface area (Å²) in [5.74, 6) is -0.00750. The summed E-state index contributed by atoms with van der Waals surface area (Å²) in [6, 6.07) is 0. The van der Waals surface area contributed by atoms with E-state index in [0.717, 1.165) is 19.3 Å². The summed E-state index contributed by atoms with van der Waals surface area (Å²) in [4.78, 5) is 17.0. The average molecular weight is 199 g/mol. The second-order valence-electron chi connectivity index (χ2n) is 4.69. The number of carbonyl (C=O) groups is 1. The second kappa shape index (κ2) is 4.78. The number of rotatable bonds is 4. The molecule has 82 valence electrons. The molecule has 0 aliphatic heterocycles. The van der Waals surface area contributed by atoms with Gasteiger partial charge in [0.1, 0.15) is 0 Å². The topological polar surface area (TPSA) is 38.3 Å². The van der Waals surface area contributed by atoms with E-state index in [2.05, 4.69) is 5.48 Å². The Bertz CT molecular complexity index is 195. The Morgan fingerprint density at radius 3 is 2.50 bits per heavy atom. The lowest BCUT2D eigenvalue weighted by Gasteiger charge is -2.22. The molecule has 0 heterocycles. The molecule has 1 N–H and O–H groups in total. The summed E-state index contributed by atoms with van der Waals surface area (Å²) >= 11 is 0. The Labute approximate surface area is 86.2 Å². The van der Waals surface area contributed by atoms with Crippen molar-refractivity contribution in [1.82, 2.24) is 5.48 Å². The van der Waals surface area contributed by atoms with Crippen LogP contribution in [0, 0.1) is 5.41 Å². The monoisotopic (exact) mass is 199 g/mol. The predicted molar refractivity (Wildman–Crippen MR) is 55.6 cm³/mol. The first-order chi connectivity index (χ1) is 6.56. The molecule has 0 aromatic carbocycles. The number of hydrogen-bond acceptors (Lipinski definition) is 2. The first-order valence-electron chi connectivity index (χ1n) is 5.52. The van der Waals surface area contributed by atoms with Crippen LogP contribution in [0.15, 0.2) is 0 Å². The van der Waals surface area contributed by atoms with Crippen molar-refractivity contribution >= 4 is 5.91 Å². The summed E-state index contributed by atoms with van der Waals surface area (Å²) in [7, 11) is 0. The van der Waals surface area contributed by atoms with E-state index in [1.54, 1.807) is 0 Å². The van der Waals surface area contributed by atoms with E-state index < -0.39 is 0 Å². The SMILES string of the molecule is CCC(C)(C)C(=O)NOC1CCCC1. The molecule has 1 aliphatic rings. The van der Waals surface area contributed by atoms with Gasteiger partial charge in [-0.15, -0.1) is 0 Å². The molecule has 1 aliphatic carbocycles. The third-order valence-electron chi connectivity index (χ3n) is 3.12. The van der Waals surface area contributed by atoms with Gasteiger partial charge in [0.25, 0.3) is 0 Å². The Morgan fingerprint density at radius 2 is 2.00 bits per heavy atom. The molecule has 3 heteroatoms. The van der Waals surface area contributed by atoms with Gasteiger partial charge in [0, 0.05) is 5.41 Å². The molecule has 0 aromatic rings. The van der Waals surface area contributed by atoms with Crippen molar-refractivity contribution in [2.75, 3.05) is 0 Å². The normalized spacial score (nSPS) is 18.5. The van der Waals surface area contributed by atoms with Crippen LogP contribution < -0.4 is 5.48 Å². The molecule has 0 bridgehead atoms. The van der Waals surface area contributed by atoms with Crippen LogP contribution in [0.4, 0.5) is 0 Å². The lowest BCUT2D eigenvalue weighted by atomic mass is 9.90. The molecule has 3 nitrogen and oxygen atoms in total. The highest BCUT2D eigenvalue weighted by Gasteiger charge is 2.26. The summed E-state index contributed by atoms with van der Waals surface area (Å²) in [6.07, 6.45) is 5.66. The fourth-order valence-corrected chi connectivity index (χ4v) is 1.44. The smallest absolute Gasteiger partial charge is 0.249 e. The molecule has 0 atom stereocenters. The number of nitrogens with one attached hydrogen (secondary N) is 1. The zero-order valence-corrected chi connectivity index (χ0v) is 9.43. The van der Waals surface area contributed by atoms with Crippen molar-refractivity contribution in [2.45, 2.75) is 59.0 Å². The van der Waals surface area contributed by atoms with Crippen LogP contribution in [0.1, 0.15) is 52.9 Å². The molecule has 1 rings (SSSR count). The third-order valence-corrected chi connectivity index (χ3v) is 3.12. The number of hydrogen-bond donors (Lipinski definition) is 1. The van der Waals surface area contributed by atoms with Crippen LogP contribution in [0.2, 0.25) is 0 Å². The lowest BCUT2D eigenvalue weighted by Crippen LogP contribution is -2.38. The van der Waals surface area contributed by atoms with E-state index in [1.807, 2.05) is 20.8 Å². The fraction of sp³-hybridized carbons (Fsp3) is 0.909. The van der Waals surface area contributed by atoms with Gasteiger partial charge in [-0.25, -0.2) is 5.48 Å².